The summed E-state index contributed by atoms with van der Waals surface area (Å²) in [6.45, 7) is 0.591. The molecule has 0 bridgehead atoms. The van der Waals surface area contributed by atoms with E-state index in [4.69, 9.17) is 0 Å². The van der Waals surface area contributed by atoms with Gasteiger partial charge in [0.1, 0.15) is 5.82 Å². The highest BCUT2D eigenvalue weighted by atomic mass is 16.3. The van der Waals surface area contributed by atoms with Crippen LogP contribution in [0.1, 0.15) is 49.5 Å². The predicted molar refractivity (Wildman–Crippen MR) is 62.3 cm³/mol. The number of aromatic nitrogens is 2. The molecule has 16 heavy (non-hydrogen) atoms. The first-order valence-electron chi connectivity index (χ1n) is 6.00. The maximum Gasteiger partial charge on any atom is 0.156 e. The molecule has 2 N–H and O–H groups in total. The Labute approximate surface area is 96.1 Å². The third-order valence-corrected chi connectivity index (χ3v) is 3.18. The van der Waals surface area contributed by atoms with Gasteiger partial charge >= 0.3 is 0 Å². The van der Waals surface area contributed by atoms with Gasteiger partial charge in [-0.2, -0.15) is 0 Å². The van der Waals surface area contributed by atoms with Crippen molar-refractivity contribution in [1.29, 1.82) is 0 Å². The van der Waals surface area contributed by atoms with E-state index in [9.17, 15) is 5.11 Å². The van der Waals surface area contributed by atoms with Gasteiger partial charge in [-0.3, -0.25) is 0 Å². The topological polar surface area (TPSA) is 58.0 Å². The van der Waals surface area contributed by atoms with E-state index in [1.807, 2.05) is 7.05 Å². The van der Waals surface area contributed by atoms with Gasteiger partial charge in [0, 0.05) is 12.5 Å². The van der Waals surface area contributed by atoms with Gasteiger partial charge in [0.25, 0.3) is 0 Å². The molecule has 1 heterocycles. The molecule has 1 fully saturated rings. The van der Waals surface area contributed by atoms with Gasteiger partial charge in [-0.05, 0) is 19.9 Å². The first-order valence-corrected chi connectivity index (χ1v) is 6.00. The monoisotopic (exact) mass is 221 g/mol. The summed E-state index contributed by atoms with van der Waals surface area (Å²) in [4.78, 5) is 8.72. The van der Waals surface area contributed by atoms with Crippen LogP contribution in [-0.2, 0) is 6.54 Å². The lowest BCUT2D eigenvalue weighted by molar-refractivity contribution is 0.418. The molecule has 0 aliphatic heterocycles. The SMILES string of the molecule is CNCc1nc(C2CCCCC2)ncc1O. The summed E-state index contributed by atoms with van der Waals surface area (Å²) < 4.78 is 0. The van der Waals surface area contributed by atoms with Gasteiger partial charge in [0.05, 0.1) is 11.9 Å². The first-order chi connectivity index (χ1) is 7.81. The van der Waals surface area contributed by atoms with E-state index in [2.05, 4.69) is 15.3 Å². The molecule has 1 aromatic rings. The Balaban J connectivity index is 2.17. The molecule has 4 nitrogen and oxygen atoms in total. The summed E-state index contributed by atoms with van der Waals surface area (Å²) >= 11 is 0. The van der Waals surface area contributed by atoms with Crippen LogP contribution in [0.15, 0.2) is 6.20 Å². The van der Waals surface area contributed by atoms with Crippen LogP contribution in [0.2, 0.25) is 0 Å². The van der Waals surface area contributed by atoms with Crippen LogP contribution in [0.25, 0.3) is 0 Å². The lowest BCUT2D eigenvalue weighted by Gasteiger charge is -2.20. The van der Waals surface area contributed by atoms with Crippen molar-refractivity contribution in [2.45, 2.75) is 44.6 Å². The largest absolute Gasteiger partial charge is 0.504 e. The summed E-state index contributed by atoms with van der Waals surface area (Å²) in [5.74, 6) is 1.58. The van der Waals surface area contributed by atoms with Crippen molar-refractivity contribution in [3.05, 3.63) is 17.7 Å². The lowest BCUT2D eigenvalue weighted by Crippen LogP contribution is -2.13. The Kier molecular flexibility index (Phi) is 3.72. The maximum absolute atomic E-state index is 9.60. The Hall–Kier alpha value is -1.16. The highest BCUT2D eigenvalue weighted by molar-refractivity contribution is 5.23. The highest BCUT2D eigenvalue weighted by Crippen LogP contribution is 2.31. The van der Waals surface area contributed by atoms with Crippen LogP contribution < -0.4 is 5.32 Å². The fourth-order valence-corrected chi connectivity index (χ4v) is 2.28. The minimum absolute atomic E-state index is 0.189. The zero-order chi connectivity index (χ0) is 11.4. The summed E-state index contributed by atoms with van der Waals surface area (Å²) in [6.07, 6.45) is 7.78. The fraction of sp³-hybridized carbons (Fsp3) is 0.667. The van der Waals surface area contributed by atoms with Crippen LogP contribution >= 0.6 is 0 Å². The smallest absolute Gasteiger partial charge is 0.156 e. The molecule has 0 aromatic carbocycles. The Morgan fingerprint density at radius 3 is 2.81 bits per heavy atom. The Morgan fingerprint density at radius 2 is 2.12 bits per heavy atom. The predicted octanol–water partition coefficient (Wildman–Crippen LogP) is 1.95. The third-order valence-electron chi connectivity index (χ3n) is 3.18. The second kappa shape index (κ2) is 5.25. The zero-order valence-electron chi connectivity index (χ0n) is 9.74. The Bertz CT molecular complexity index is 348. The normalized spacial score (nSPS) is 17.6. The van der Waals surface area contributed by atoms with Crippen molar-refractivity contribution in [3.63, 3.8) is 0 Å². The first kappa shape index (κ1) is 11.3. The van der Waals surface area contributed by atoms with E-state index in [0.29, 0.717) is 18.2 Å². The average Bonchev–Trinajstić information content (AvgIpc) is 2.33. The van der Waals surface area contributed by atoms with E-state index in [1.165, 1.54) is 38.3 Å². The van der Waals surface area contributed by atoms with E-state index in [0.717, 1.165) is 5.82 Å². The highest BCUT2D eigenvalue weighted by Gasteiger charge is 2.19. The van der Waals surface area contributed by atoms with Gasteiger partial charge in [0.2, 0.25) is 0 Å². The number of nitrogens with one attached hydrogen (secondary N) is 1. The second-order valence-corrected chi connectivity index (χ2v) is 4.43. The summed E-state index contributed by atoms with van der Waals surface area (Å²) in [5, 5.41) is 12.6. The molecular formula is C12H19N3O. The number of aromatic hydroxyl groups is 1. The molecule has 1 aliphatic carbocycles. The van der Waals surface area contributed by atoms with Gasteiger partial charge in [-0.15, -0.1) is 0 Å². The number of hydrogen-bond donors (Lipinski definition) is 2. The van der Waals surface area contributed by atoms with Crippen molar-refractivity contribution < 1.29 is 5.11 Å². The van der Waals surface area contributed by atoms with Crippen molar-refractivity contribution in [1.82, 2.24) is 15.3 Å². The molecule has 1 aromatic heterocycles. The molecule has 2 rings (SSSR count). The molecule has 0 amide bonds. The molecule has 0 radical (unpaired) electrons. The molecule has 0 unspecified atom stereocenters. The van der Waals surface area contributed by atoms with Gasteiger partial charge in [0.15, 0.2) is 5.75 Å². The lowest BCUT2D eigenvalue weighted by atomic mass is 9.88. The van der Waals surface area contributed by atoms with Gasteiger partial charge in [-0.25, -0.2) is 9.97 Å². The third kappa shape index (κ3) is 2.50. The molecule has 4 heteroatoms. The van der Waals surface area contributed by atoms with Crippen molar-refractivity contribution in [2.24, 2.45) is 0 Å². The zero-order valence-corrected chi connectivity index (χ0v) is 9.74. The van der Waals surface area contributed by atoms with Crippen molar-refractivity contribution in [2.75, 3.05) is 7.05 Å². The molecule has 0 spiro atoms. The summed E-state index contributed by atoms with van der Waals surface area (Å²) in [5.41, 5.74) is 0.707. The van der Waals surface area contributed by atoms with E-state index < -0.39 is 0 Å². The van der Waals surface area contributed by atoms with E-state index >= 15 is 0 Å². The minimum atomic E-state index is 0.189. The van der Waals surface area contributed by atoms with E-state index in [1.54, 1.807) is 0 Å². The molecule has 1 aliphatic rings. The minimum Gasteiger partial charge on any atom is -0.504 e. The average molecular weight is 221 g/mol. The number of rotatable bonds is 3. The van der Waals surface area contributed by atoms with Gasteiger partial charge in [-0.1, -0.05) is 19.3 Å². The van der Waals surface area contributed by atoms with Crippen LogP contribution in [0.3, 0.4) is 0 Å². The van der Waals surface area contributed by atoms with Crippen LogP contribution in [0.5, 0.6) is 5.75 Å². The fourth-order valence-electron chi connectivity index (χ4n) is 2.28. The number of hydrogen-bond acceptors (Lipinski definition) is 4. The second-order valence-electron chi connectivity index (χ2n) is 4.43. The van der Waals surface area contributed by atoms with Crippen molar-refractivity contribution >= 4 is 0 Å². The van der Waals surface area contributed by atoms with Crippen LogP contribution in [0, 0.1) is 0 Å². The Morgan fingerprint density at radius 1 is 1.38 bits per heavy atom. The molecule has 1 saturated carbocycles. The van der Waals surface area contributed by atoms with Gasteiger partial charge < -0.3 is 10.4 Å². The molecular weight excluding hydrogens is 202 g/mol. The summed E-state index contributed by atoms with van der Waals surface area (Å²) in [6, 6.07) is 0. The quantitative estimate of drug-likeness (QED) is 0.819. The molecule has 0 atom stereocenters. The van der Waals surface area contributed by atoms with Crippen LogP contribution in [0.4, 0.5) is 0 Å². The molecule has 88 valence electrons. The maximum atomic E-state index is 9.60. The number of nitrogens with zero attached hydrogens (tertiary/aromatic N) is 2. The summed E-state index contributed by atoms with van der Waals surface area (Å²) in [7, 11) is 1.85. The standard InChI is InChI=1S/C12H19N3O/c1-13-7-10-11(16)8-14-12(15-10)9-5-3-2-4-6-9/h8-9,13,16H,2-7H2,1H3. The van der Waals surface area contributed by atoms with E-state index in [-0.39, 0.29) is 5.75 Å². The van der Waals surface area contributed by atoms with Crippen molar-refractivity contribution in [3.8, 4) is 5.75 Å². The molecule has 0 saturated heterocycles. The van der Waals surface area contributed by atoms with Crippen LogP contribution in [-0.4, -0.2) is 22.1 Å².